The smallest absolute Gasteiger partial charge is 0.271 e. The fraction of sp³-hybridized carbons (Fsp3) is 0.0625. The fourth-order valence-corrected chi connectivity index (χ4v) is 3.88. The quantitative estimate of drug-likeness (QED) is 0.569. The van der Waals surface area contributed by atoms with Crippen molar-refractivity contribution in [3.05, 3.63) is 69.3 Å². The summed E-state index contributed by atoms with van der Waals surface area (Å²) in [6, 6.07) is 8.05. The molecule has 0 bridgehead atoms. The summed E-state index contributed by atoms with van der Waals surface area (Å²) in [5.74, 6) is -0.271. The molecule has 0 saturated heterocycles. The number of hydrogen-bond donors (Lipinski definition) is 0. The Balaban J connectivity index is 1.65. The largest absolute Gasteiger partial charge is 0.292 e. The van der Waals surface area contributed by atoms with Gasteiger partial charge in [0.25, 0.3) is 5.56 Å². The molecule has 114 valence electrons. The molecule has 0 aliphatic rings. The van der Waals surface area contributed by atoms with Gasteiger partial charge in [0, 0.05) is 10.9 Å². The fourth-order valence-electron chi connectivity index (χ4n) is 2.27. The number of fused-ring (bicyclic) bond motifs is 1. The van der Waals surface area contributed by atoms with Gasteiger partial charge in [-0.1, -0.05) is 0 Å². The van der Waals surface area contributed by atoms with Crippen molar-refractivity contribution >= 4 is 32.9 Å². The van der Waals surface area contributed by atoms with E-state index in [1.54, 1.807) is 23.0 Å². The highest BCUT2D eigenvalue weighted by Crippen LogP contribution is 2.24. The summed E-state index contributed by atoms with van der Waals surface area (Å²) in [6.45, 7) is 0.372. The van der Waals surface area contributed by atoms with E-state index in [1.807, 2.05) is 16.8 Å². The molecule has 1 aromatic carbocycles. The molecule has 0 aliphatic carbocycles. The number of thiazole rings is 1. The first-order valence-corrected chi connectivity index (χ1v) is 8.59. The van der Waals surface area contributed by atoms with E-state index in [9.17, 15) is 9.18 Å². The van der Waals surface area contributed by atoms with Gasteiger partial charge in [0.15, 0.2) is 0 Å². The van der Waals surface area contributed by atoms with Crippen LogP contribution in [0.2, 0.25) is 0 Å². The van der Waals surface area contributed by atoms with E-state index in [0.717, 1.165) is 21.8 Å². The zero-order chi connectivity index (χ0) is 15.8. The standard InChI is InChI=1S/C16H10FN3OS2/c17-11-3-1-10(2-4-11)15-19-12(8-23-15)7-20-9-18-13-5-6-22-14(13)16(20)21/h1-6,8-9H,7H2. The molecule has 0 amide bonds. The molecule has 0 fully saturated rings. The van der Waals surface area contributed by atoms with Gasteiger partial charge in [0.2, 0.25) is 0 Å². The molecular weight excluding hydrogens is 333 g/mol. The lowest BCUT2D eigenvalue weighted by molar-refractivity contribution is 0.628. The highest BCUT2D eigenvalue weighted by molar-refractivity contribution is 7.17. The lowest BCUT2D eigenvalue weighted by Gasteiger charge is -2.02. The second-order valence-electron chi connectivity index (χ2n) is 4.96. The van der Waals surface area contributed by atoms with Gasteiger partial charge < -0.3 is 0 Å². The molecule has 0 N–H and O–H groups in total. The van der Waals surface area contributed by atoms with E-state index >= 15 is 0 Å². The normalized spacial score (nSPS) is 11.2. The van der Waals surface area contributed by atoms with Gasteiger partial charge in [-0.3, -0.25) is 9.36 Å². The van der Waals surface area contributed by atoms with Crippen molar-refractivity contribution in [3.63, 3.8) is 0 Å². The Hall–Kier alpha value is -2.38. The van der Waals surface area contributed by atoms with Crippen molar-refractivity contribution in [2.24, 2.45) is 0 Å². The van der Waals surface area contributed by atoms with Gasteiger partial charge in [0.1, 0.15) is 15.5 Å². The topological polar surface area (TPSA) is 47.8 Å². The SMILES string of the molecule is O=c1c2sccc2ncn1Cc1csc(-c2ccc(F)cc2)n1. The number of hydrogen-bond acceptors (Lipinski definition) is 5. The van der Waals surface area contributed by atoms with Gasteiger partial charge in [-0.05, 0) is 35.7 Å². The summed E-state index contributed by atoms with van der Waals surface area (Å²) in [5.41, 5.74) is 2.32. The summed E-state index contributed by atoms with van der Waals surface area (Å²) in [7, 11) is 0. The third-order valence-corrected chi connectivity index (χ3v) is 5.24. The zero-order valence-corrected chi connectivity index (χ0v) is 13.4. The van der Waals surface area contributed by atoms with Crippen molar-refractivity contribution in [2.45, 2.75) is 6.54 Å². The van der Waals surface area contributed by atoms with Crippen LogP contribution in [0.5, 0.6) is 0 Å². The molecule has 0 saturated carbocycles. The van der Waals surface area contributed by atoms with E-state index in [4.69, 9.17) is 0 Å². The molecule has 3 aromatic heterocycles. The Kier molecular flexibility index (Phi) is 3.51. The molecule has 7 heteroatoms. The molecule has 4 aromatic rings. The average Bonchev–Trinajstić information content (AvgIpc) is 3.20. The summed E-state index contributed by atoms with van der Waals surface area (Å²) in [6.07, 6.45) is 1.55. The van der Waals surface area contributed by atoms with E-state index < -0.39 is 0 Å². The molecule has 4 nitrogen and oxygen atoms in total. The highest BCUT2D eigenvalue weighted by Gasteiger charge is 2.09. The number of rotatable bonds is 3. The number of nitrogens with zero attached hydrogens (tertiary/aromatic N) is 3. The van der Waals surface area contributed by atoms with Crippen molar-refractivity contribution < 1.29 is 4.39 Å². The molecular formula is C16H10FN3OS2. The molecule has 3 heterocycles. The van der Waals surface area contributed by atoms with Crippen LogP contribution in [0.15, 0.2) is 52.2 Å². The summed E-state index contributed by atoms with van der Waals surface area (Å²) in [4.78, 5) is 21.2. The third-order valence-electron chi connectivity index (χ3n) is 3.41. The van der Waals surface area contributed by atoms with Crippen LogP contribution in [0.4, 0.5) is 4.39 Å². The second-order valence-corrected chi connectivity index (χ2v) is 6.74. The maximum absolute atomic E-state index is 13.0. The van der Waals surface area contributed by atoms with Crippen LogP contribution in [0.25, 0.3) is 20.8 Å². The number of thiophene rings is 1. The van der Waals surface area contributed by atoms with E-state index in [-0.39, 0.29) is 11.4 Å². The van der Waals surface area contributed by atoms with Crippen LogP contribution in [0.1, 0.15) is 5.69 Å². The first-order chi connectivity index (χ1) is 11.2. The minimum Gasteiger partial charge on any atom is -0.292 e. The lowest BCUT2D eigenvalue weighted by Crippen LogP contribution is -2.20. The maximum Gasteiger partial charge on any atom is 0.271 e. The average molecular weight is 343 g/mol. The first-order valence-electron chi connectivity index (χ1n) is 6.84. The minimum atomic E-state index is -0.271. The summed E-state index contributed by atoms with van der Waals surface area (Å²) < 4.78 is 15.2. The van der Waals surface area contributed by atoms with Crippen LogP contribution < -0.4 is 5.56 Å². The van der Waals surface area contributed by atoms with Gasteiger partial charge in [-0.15, -0.1) is 22.7 Å². The number of halogens is 1. The van der Waals surface area contributed by atoms with E-state index in [2.05, 4.69) is 9.97 Å². The molecule has 23 heavy (non-hydrogen) atoms. The Morgan fingerprint density at radius 1 is 1.13 bits per heavy atom. The third kappa shape index (κ3) is 2.69. The Morgan fingerprint density at radius 2 is 1.96 bits per heavy atom. The predicted molar refractivity (Wildman–Crippen MR) is 90.5 cm³/mol. The molecule has 0 atom stereocenters. The Labute approximate surface area is 138 Å². The highest BCUT2D eigenvalue weighted by atomic mass is 32.1. The second kappa shape index (κ2) is 5.68. The van der Waals surface area contributed by atoms with Crippen LogP contribution in [0, 0.1) is 5.82 Å². The number of aromatic nitrogens is 3. The predicted octanol–water partition coefficient (Wildman–Crippen LogP) is 3.77. The monoisotopic (exact) mass is 343 g/mol. The Morgan fingerprint density at radius 3 is 2.78 bits per heavy atom. The van der Waals surface area contributed by atoms with Crippen molar-refractivity contribution in [1.82, 2.24) is 14.5 Å². The molecule has 4 rings (SSSR count). The Bertz CT molecular complexity index is 1030. The molecule has 0 aliphatic heterocycles. The van der Waals surface area contributed by atoms with Crippen LogP contribution in [-0.2, 0) is 6.54 Å². The summed E-state index contributed by atoms with van der Waals surface area (Å²) in [5, 5.41) is 4.57. The molecule has 0 radical (unpaired) electrons. The lowest BCUT2D eigenvalue weighted by atomic mass is 10.2. The van der Waals surface area contributed by atoms with Gasteiger partial charge in [0.05, 0.1) is 24.1 Å². The zero-order valence-electron chi connectivity index (χ0n) is 11.8. The van der Waals surface area contributed by atoms with Crippen LogP contribution in [0.3, 0.4) is 0 Å². The molecule has 0 spiro atoms. The van der Waals surface area contributed by atoms with Gasteiger partial charge in [-0.25, -0.2) is 14.4 Å². The van der Waals surface area contributed by atoms with Crippen molar-refractivity contribution in [1.29, 1.82) is 0 Å². The van der Waals surface area contributed by atoms with E-state index in [1.165, 1.54) is 34.8 Å². The molecule has 0 unspecified atom stereocenters. The van der Waals surface area contributed by atoms with Crippen LogP contribution in [-0.4, -0.2) is 14.5 Å². The van der Waals surface area contributed by atoms with Gasteiger partial charge in [-0.2, -0.15) is 0 Å². The first kappa shape index (κ1) is 14.2. The van der Waals surface area contributed by atoms with Gasteiger partial charge >= 0.3 is 0 Å². The van der Waals surface area contributed by atoms with Crippen LogP contribution >= 0.6 is 22.7 Å². The van der Waals surface area contributed by atoms with E-state index in [0.29, 0.717) is 11.2 Å². The number of benzene rings is 1. The van der Waals surface area contributed by atoms with Crippen molar-refractivity contribution in [3.8, 4) is 10.6 Å². The minimum absolute atomic E-state index is 0.0543. The summed E-state index contributed by atoms with van der Waals surface area (Å²) >= 11 is 2.87. The van der Waals surface area contributed by atoms with Crippen molar-refractivity contribution in [2.75, 3.05) is 0 Å². The maximum atomic E-state index is 13.0.